The fourth-order valence-corrected chi connectivity index (χ4v) is 0.547. The second kappa shape index (κ2) is 2.34. The van der Waals surface area contributed by atoms with E-state index in [1.807, 2.05) is 0 Å². The van der Waals surface area contributed by atoms with Gasteiger partial charge in [-0.25, -0.2) is 4.98 Å². The molecule has 1 heterocycles. The summed E-state index contributed by atoms with van der Waals surface area (Å²) in [6.45, 7) is 3.43. The van der Waals surface area contributed by atoms with Crippen molar-refractivity contribution in [1.29, 1.82) is 0 Å². The number of H-pyrrole nitrogens is 1. The predicted octanol–water partition coefficient (Wildman–Crippen LogP) is -0.0918. The maximum absolute atomic E-state index is 10.5. The van der Waals surface area contributed by atoms with Crippen molar-refractivity contribution in [1.82, 2.24) is 9.97 Å². The van der Waals surface area contributed by atoms with Gasteiger partial charge in [0.1, 0.15) is 5.82 Å². The van der Waals surface area contributed by atoms with Gasteiger partial charge < -0.3 is 10.7 Å². The molecule has 0 fully saturated rings. The molecule has 0 aromatic carbocycles. The molecule has 52 valence electrons. The molecule has 0 aliphatic carbocycles. The topological polar surface area (TPSA) is 71.8 Å². The van der Waals surface area contributed by atoms with Gasteiger partial charge >= 0.3 is 0 Å². The van der Waals surface area contributed by atoms with Gasteiger partial charge in [0.05, 0.1) is 5.57 Å². The Hall–Kier alpha value is -1.58. The summed E-state index contributed by atoms with van der Waals surface area (Å²) in [7, 11) is 0. The Morgan fingerprint density at radius 2 is 2.50 bits per heavy atom. The second-order valence-corrected chi connectivity index (χ2v) is 1.78. The Balaban J connectivity index is 2.88. The van der Waals surface area contributed by atoms with Crippen molar-refractivity contribution in [2.75, 3.05) is 0 Å². The Kier molecular flexibility index (Phi) is 1.53. The fourth-order valence-electron chi connectivity index (χ4n) is 0.547. The maximum atomic E-state index is 10.5. The van der Waals surface area contributed by atoms with Crippen LogP contribution < -0.4 is 5.73 Å². The molecule has 4 nitrogen and oxygen atoms in total. The third-order valence-corrected chi connectivity index (χ3v) is 1.08. The highest BCUT2D eigenvalue weighted by molar-refractivity contribution is 6.16. The first-order chi connectivity index (χ1) is 4.72. The van der Waals surface area contributed by atoms with Gasteiger partial charge in [0.25, 0.3) is 5.91 Å². The van der Waals surface area contributed by atoms with E-state index in [9.17, 15) is 4.79 Å². The van der Waals surface area contributed by atoms with Crippen LogP contribution in [0.1, 0.15) is 5.82 Å². The van der Waals surface area contributed by atoms with Crippen LogP contribution in [0.15, 0.2) is 19.0 Å². The molecule has 0 bridgehead atoms. The first-order valence-corrected chi connectivity index (χ1v) is 2.70. The molecule has 0 aliphatic heterocycles. The van der Waals surface area contributed by atoms with Gasteiger partial charge in [-0.3, -0.25) is 4.79 Å². The van der Waals surface area contributed by atoms with Gasteiger partial charge in [0, 0.05) is 12.4 Å². The zero-order chi connectivity index (χ0) is 7.56. The maximum Gasteiger partial charge on any atom is 0.251 e. The van der Waals surface area contributed by atoms with Gasteiger partial charge in [-0.1, -0.05) is 6.58 Å². The van der Waals surface area contributed by atoms with E-state index >= 15 is 0 Å². The quantitative estimate of drug-likeness (QED) is 0.559. The van der Waals surface area contributed by atoms with Crippen LogP contribution in [-0.4, -0.2) is 15.9 Å². The molecule has 0 radical (unpaired) electrons. The van der Waals surface area contributed by atoms with Crippen molar-refractivity contribution >= 4 is 11.5 Å². The zero-order valence-electron chi connectivity index (χ0n) is 5.29. The zero-order valence-corrected chi connectivity index (χ0v) is 5.29. The minimum Gasteiger partial charge on any atom is -0.365 e. The molecule has 0 spiro atoms. The number of carbonyl (C=O) groups is 1. The minimum atomic E-state index is -0.560. The minimum absolute atomic E-state index is 0.199. The predicted molar refractivity (Wildman–Crippen MR) is 36.8 cm³/mol. The highest BCUT2D eigenvalue weighted by Gasteiger charge is 2.05. The summed E-state index contributed by atoms with van der Waals surface area (Å²) < 4.78 is 0. The molecule has 0 atom stereocenters. The van der Waals surface area contributed by atoms with Crippen LogP contribution in [0.25, 0.3) is 5.57 Å². The van der Waals surface area contributed by atoms with Crippen molar-refractivity contribution in [3.63, 3.8) is 0 Å². The van der Waals surface area contributed by atoms with Crippen LogP contribution in [0.5, 0.6) is 0 Å². The molecule has 1 aromatic rings. The molecule has 1 rings (SSSR count). The van der Waals surface area contributed by atoms with Crippen LogP contribution in [0, 0.1) is 0 Å². The number of aromatic nitrogens is 2. The molecule has 1 aromatic heterocycles. The van der Waals surface area contributed by atoms with Crippen molar-refractivity contribution in [3.05, 3.63) is 24.8 Å². The fraction of sp³-hybridized carbons (Fsp3) is 0. The van der Waals surface area contributed by atoms with E-state index in [0.717, 1.165) is 0 Å². The molecule has 3 N–H and O–H groups in total. The summed E-state index contributed by atoms with van der Waals surface area (Å²) in [6.07, 6.45) is 3.13. The Labute approximate surface area is 57.8 Å². The molecule has 1 amide bonds. The monoisotopic (exact) mass is 137 g/mol. The summed E-state index contributed by atoms with van der Waals surface area (Å²) in [6, 6.07) is 0. The number of primary amides is 1. The van der Waals surface area contributed by atoms with Crippen molar-refractivity contribution in [2.24, 2.45) is 5.73 Å². The molecule has 0 saturated carbocycles. The second-order valence-electron chi connectivity index (χ2n) is 1.78. The van der Waals surface area contributed by atoms with E-state index in [0.29, 0.717) is 5.82 Å². The average Bonchev–Trinajstić information content (AvgIpc) is 2.36. The van der Waals surface area contributed by atoms with Gasteiger partial charge in [0.2, 0.25) is 0 Å². The standard InChI is InChI=1S/C6H7N3O/c1-4(5(7)10)6-8-2-3-9-6/h2-3H,1H2,(H2,7,10)(H,8,9). The third kappa shape index (κ3) is 1.05. The lowest BCUT2D eigenvalue weighted by atomic mass is 10.3. The summed E-state index contributed by atoms with van der Waals surface area (Å²) >= 11 is 0. The largest absolute Gasteiger partial charge is 0.365 e. The number of amides is 1. The summed E-state index contributed by atoms with van der Waals surface area (Å²) in [5, 5.41) is 0. The molecule has 4 heteroatoms. The first kappa shape index (κ1) is 6.54. The van der Waals surface area contributed by atoms with E-state index in [1.165, 1.54) is 6.20 Å². The molecule has 0 aliphatic rings. The molecular formula is C6H7N3O. The Morgan fingerprint density at radius 3 is 2.90 bits per heavy atom. The number of aromatic amines is 1. The number of carbonyl (C=O) groups excluding carboxylic acids is 1. The number of imidazole rings is 1. The van der Waals surface area contributed by atoms with Crippen LogP contribution in [0.3, 0.4) is 0 Å². The van der Waals surface area contributed by atoms with E-state index in [2.05, 4.69) is 16.5 Å². The lowest BCUT2D eigenvalue weighted by Crippen LogP contribution is -2.12. The summed E-state index contributed by atoms with van der Waals surface area (Å²) in [5.41, 5.74) is 5.13. The number of hydrogen-bond acceptors (Lipinski definition) is 2. The smallest absolute Gasteiger partial charge is 0.251 e. The number of nitrogens with two attached hydrogens (primary N) is 1. The Bertz CT molecular complexity index is 250. The van der Waals surface area contributed by atoms with E-state index in [1.54, 1.807) is 6.20 Å². The normalized spacial score (nSPS) is 9.20. The lowest BCUT2D eigenvalue weighted by Gasteiger charge is -1.92. The molecule has 0 saturated heterocycles. The van der Waals surface area contributed by atoms with Crippen LogP contribution >= 0.6 is 0 Å². The summed E-state index contributed by atoms with van der Waals surface area (Å²) in [4.78, 5) is 16.9. The van der Waals surface area contributed by atoms with Gasteiger partial charge in [-0.2, -0.15) is 0 Å². The van der Waals surface area contributed by atoms with E-state index in [-0.39, 0.29) is 5.57 Å². The van der Waals surface area contributed by atoms with Crippen molar-refractivity contribution in [2.45, 2.75) is 0 Å². The molecule has 10 heavy (non-hydrogen) atoms. The van der Waals surface area contributed by atoms with Crippen molar-refractivity contribution < 1.29 is 4.79 Å². The highest BCUT2D eigenvalue weighted by Crippen LogP contribution is 2.02. The highest BCUT2D eigenvalue weighted by atomic mass is 16.1. The van der Waals surface area contributed by atoms with Crippen LogP contribution in [-0.2, 0) is 4.79 Å². The third-order valence-electron chi connectivity index (χ3n) is 1.08. The van der Waals surface area contributed by atoms with E-state index in [4.69, 9.17) is 5.73 Å². The molecular weight excluding hydrogens is 130 g/mol. The average molecular weight is 137 g/mol. The summed E-state index contributed by atoms with van der Waals surface area (Å²) in [5.74, 6) is -0.137. The van der Waals surface area contributed by atoms with E-state index < -0.39 is 5.91 Å². The lowest BCUT2D eigenvalue weighted by molar-refractivity contribution is -0.112. The Morgan fingerprint density at radius 1 is 1.80 bits per heavy atom. The molecule has 0 unspecified atom stereocenters. The van der Waals surface area contributed by atoms with Crippen LogP contribution in [0.4, 0.5) is 0 Å². The van der Waals surface area contributed by atoms with Crippen molar-refractivity contribution in [3.8, 4) is 0 Å². The van der Waals surface area contributed by atoms with Gasteiger partial charge in [0.15, 0.2) is 0 Å². The SMILES string of the molecule is C=C(C(N)=O)c1ncc[nH]1. The number of nitrogens with one attached hydrogen (secondary N) is 1. The van der Waals surface area contributed by atoms with Crippen LogP contribution in [0.2, 0.25) is 0 Å². The number of rotatable bonds is 2. The van der Waals surface area contributed by atoms with Gasteiger partial charge in [-0.15, -0.1) is 0 Å². The number of hydrogen-bond donors (Lipinski definition) is 2. The first-order valence-electron chi connectivity index (χ1n) is 2.70. The van der Waals surface area contributed by atoms with Gasteiger partial charge in [-0.05, 0) is 0 Å². The number of nitrogens with zero attached hydrogens (tertiary/aromatic N) is 1.